The highest BCUT2D eigenvalue weighted by atomic mass is 32.2. The second kappa shape index (κ2) is 8.72. The van der Waals surface area contributed by atoms with Gasteiger partial charge in [0.15, 0.2) is 0 Å². The first-order valence-corrected chi connectivity index (χ1v) is 6.73. The summed E-state index contributed by atoms with van der Waals surface area (Å²) in [5.41, 5.74) is 4.68. The fourth-order valence-electron chi connectivity index (χ4n) is 0.895. The van der Waals surface area contributed by atoms with E-state index in [2.05, 4.69) is 0 Å². The van der Waals surface area contributed by atoms with Crippen molar-refractivity contribution in [3.63, 3.8) is 0 Å². The minimum absolute atomic E-state index is 0.218. The molecule has 0 aliphatic rings. The molecule has 0 spiro atoms. The van der Waals surface area contributed by atoms with E-state index >= 15 is 0 Å². The Morgan fingerprint density at radius 1 is 1.12 bits per heavy atom. The van der Waals surface area contributed by atoms with Gasteiger partial charge in [0.1, 0.15) is 4.90 Å². The molecule has 0 aromatic heterocycles. The quantitative estimate of drug-likeness (QED) is 0.796. The molecule has 0 aliphatic carbocycles. The van der Waals surface area contributed by atoms with E-state index in [4.69, 9.17) is 10.3 Å². The van der Waals surface area contributed by atoms with Crippen LogP contribution in [0.15, 0.2) is 29.2 Å². The average Bonchev–Trinajstić information content (AvgIpc) is 2.33. The molecule has 6 heteroatoms. The number of rotatable bonds is 2. The highest BCUT2D eigenvalue weighted by molar-refractivity contribution is 7.86. The molecule has 0 saturated carbocycles. The molecule has 98 valence electrons. The van der Waals surface area contributed by atoms with Crippen molar-refractivity contribution in [3.05, 3.63) is 29.8 Å². The first-order chi connectivity index (χ1) is 7.93. The van der Waals surface area contributed by atoms with Crippen LogP contribution in [0.2, 0.25) is 0 Å². The Labute approximate surface area is 102 Å². The Morgan fingerprint density at radius 3 is 1.82 bits per heavy atom. The zero-order chi connectivity index (χ0) is 14.1. The summed E-state index contributed by atoms with van der Waals surface area (Å²) in [6.45, 7) is 8.00. The van der Waals surface area contributed by atoms with E-state index in [1.54, 1.807) is 0 Å². The minimum atomic E-state index is -4.38. The van der Waals surface area contributed by atoms with Crippen LogP contribution in [0, 0.1) is 0 Å². The Hall–Kier alpha value is -1.40. The molecule has 17 heavy (non-hydrogen) atoms. The molecule has 0 radical (unpaired) electrons. The molecule has 5 nitrogen and oxygen atoms in total. The standard InChI is InChI=1S/C7H7NO4S.2C2H6/c8-7(9)5-3-1-2-4-6(5)13(10,11)12;2*1-2/h1-4H,(H2,8,9)(H,10,11,12);2*1-2H3. The largest absolute Gasteiger partial charge is 0.366 e. The minimum Gasteiger partial charge on any atom is -0.366 e. The number of benzene rings is 1. The summed E-state index contributed by atoms with van der Waals surface area (Å²) >= 11 is 0. The summed E-state index contributed by atoms with van der Waals surface area (Å²) in [4.78, 5) is 10.2. The van der Waals surface area contributed by atoms with Gasteiger partial charge < -0.3 is 5.73 Å². The van der Waals surface area contributed by atoms with E-state index in [1.807, 2.05) is 27.7 Å². The molecular weight excluding hydrogens is 242 g/mol. The van der Waals surface area contributed by atoms with E-state index in [9.17, 15) is 13.2 Å². The van der Waals surface area contributed by atoms with Crippen LogP contribution in [0.3, 0.4) is 0 Å². The lowest BCUT2D eigenvalue weighted by molar-refractivity contribution is 0.0997. The SMILES string of the molecule is CC.CC.NC(=O)c1ccccc1S(=O)(=O)O. The van der Waals surface area contributed by atoms with Gasteiger partial charge in [-0.15, -0.1) is 0 Å². The van der Waals surface area contributed by atoms with E-state index in [-0.39, 0.29) is 5.56 Å². The fourth-order valence-corrected chi connectivity index (χ4v) is 1.59. The van der Waals surface area contributed by atoms with Crippen LogP contribution in [0.4, 0.5) is 0 Å². The van der Waals surface area contributed by atoms with Crippen molar-refractivity contribution in [2.24, 2.45) is 5.73 Å². The number of primary amides is 1. The van der Waals surface area contributed by atoms with Crippen molar-refractivity contribution in [3.8, 4) is 0 Å². The first-order valence-electron chi connectivity index (χ1n) is 5.29. The van der Waals surface area contributed by atoms with Gasteiger partial charge in [-0.3, -0.25) is 9.35 Å². The predicted molar refractivity (Wildman–Crippen MR) is 67.5 cm³/mol. The Morgan fingerprint density at radius 2 is 1.53 bits per heavy atom. The summed E-state index contributed by atoms with van der Waals surface area (Å²) in [6, 6.07) is 5.17. The van der Waals surface area contributed by atoms with Crippen LogP contribution < -0.4 is 5.73 Å². The molecule has 0 saturated heterocycles. The second-order valence-electron chi connectivity index (χ2n) is 2.34. The lowest BCUT2D eigenvalue weighted by Gasteiger charge is -2.01. The van der Waals surface area contributed by atoms with Crippen molar-refractivity contribution >= 4 is 16.0 Å². The number of hydrogen-bond donors (Lipinski definition) is 2. The van der Waals surface area contributed by atoms with Gasteiger partial charge in [0, 0.05) is 0 Å². The Bertz CT molecular complexity index is 441. The lowest BCUT2D eigenvalue weighted by Crippen LogP contribution is -2.15. The average molecular weight is 261 g/mol. The van der Waals surface area contributed by atoms with E-state index in [0.717, 1.165) is 6.07 Å². The van der Waals surface area contributed by atoms with Crippen LogP contribution in [-0.2, 0) is 10.1 Å². The van der Waals surface area contributed by atoms with Gasteiger partial charge in [0.05, 0.1) is 5.56 Å². The normalized spacial score (nSPS) is 9.24. The Kier molecular flexibility index (Phi) is 9.22. The van der Waals surface area contributed by atoms with E-state index in [0.29, 0.717) is 0 Å². The van der Waals surface area contributed by atoms with Crippen LogP contribution in [0.1, 0.15) is 38.1 Å². The summed E-state index contributed by atoms with van der Waals surface area (Å²) in [7, 11) is -4.38. The molecule has 1 aromatic rings. The van der Waals surface area contributed by atoms with Gasteiger partial charge in [-0.1, -0.05) is 39.8 Å². The van der Waals surface area contributed by atoms with E-state index < -0.39 is 20.9 Å². The summed E-state index contributed by atoms with van der Waals surface area (Å²) in [5, 5.41) is 0. The number of carbonyl (C=O) groups excluding carboxylic acids is 1. The van der Waals surface area contributed by atoms with Crippen molar-refractivity contribution < 1.29 is 17.8 Å². The Balaban J connectivity index is 0. The van der Waals surface area contributed by atoms with Crippen molar-refractivity contribution in [2.75, 3.05) is 0 Å². The van der Waals surface area contributed by atoms with Gasteiger partial charge in [-0.25, -0.2) is 0 Å². The van der Waals surface area contributed by atoms with Crippen LogP contribution >= 0.6 is 0 Å². The van der Waals surface area contributed by atoms with E-state index in [1.165, 1.54) is 18.2 Å². The molecule has 0 atom stereocenters. The van der Waals surface area contributed by atoms with Crippen molar-refractivity contribution in [2.45, 2.75) is 32.6 Å². The summed E-state index contributed by atoms with van der Waals surface area (Å²) < 4.78 is 30.1. The number of amides is 1. The number of nitrogens with two attached hydrogens (primary N) is 1. The van der Waals surface area contributed by atoms with Gasteiger partial charge in [0.2, 0.25) is 5.91 Å². The first kappa shape index (κ1) is 18.0. The predicted octanol–water partition coefficient (Wildman–Crippen LogP) is 2.08. The van der Waals surface area contributed by atoms with Gasteiger partial charge >= 0.3 is 0 Å². The monoisotopic (exact) mass is 261 g/mol. The summed E-state index contributed by atoms with van der Waals surface area (Å²) in [5.74, 6) is -0.895. The van der Waals surface area contributed by atoms with Crippen molar-refractivity contribution in [1.29, 1.82) is 0 Å². The maximum atomic E-state index is 10.7. The maximum Gasteiger partial charge on any atom is 0.295 e. The lowest BCUT2D eigenvalue weighted by atomic mass is 10.2. The third-order valence-corrected chi connectivity index (χ3v) is 2.34. The molecule has 0 bridgehead atoms. The molecule has 1 aromatic carbocycles. The molecule has 0 aliphatic heterocycles. The van der Waals surface area contributed by atoms with Gasteiger partial charge in [-0.05, 0) is 12.1 Å². The molecule has 0 heterocycles. The van der Waals surface area contributed by atoms with Crippen molar-refractivity contribution in [1.82, 2.24) is 0 Å². The third kappa shape index (κ3) is 6.03. The van der Waals surface area contributed by atoms with Crippen LogP contribution in [0.5, 0.6) is 0 Å². The molecule has 0 unspecified atom stereocenters. The van der Waals surface area contributed by atoms with Gasteiger partial charge in [-0.2, -0.15) is 8.42 Å². The highest BCUT2D eigenvalue weighted by Gasteiger charge is 2.17. The zero-order valence-electron chi connectivity index (χ0n) is 10.5. The molecule has 1 amide bonds. The molecule has 1 rings (SSSR count). The molecular formula is C11H19NO4S. The third-order valence-electron chi connectivity index (χ3n) is 1.43. The smallest absolute Gasteiger partial charge is 0.295 e. The highest BCUT2D eigenvalue weighted by Crippen LogP contribution is 2.13. The summed E-state index contributed by atoms with van der Waals surface area (Å²) in [6.07, 6.45) is 0. The maximum absolute atomic E-state index is 10.7. The number of hydrogen-bond acceptors (Lipinski definition) is 3. The zero-order valence-corrected chi connectivity index (χ0v) is 11.3. The molecule has 3 N–H and O–H groups in total. The van der Waals surface area contributed by atoms with Gasteiger partial charge in [0.25, 0.3) is 10.1 Å². The number of carbonyl (C=O) groups is 1. The second-order valence-corrected chi connectivity index (χ2v) is 3.73. The van der Waals surface area contributed by atoms with Crippen LogP contribution in [0.25, 0.3) is 0 Å². The topological polar surface area (TPSA) is 97.5 Å². The van der Waals surface area contributed by atoms with Crippen LogP contribution in [-0.4, -0.2) is 18.9 Å². The molecule has 0 fully saturated rings. The fraction of sp³-hybridized carbons (Fsp3) is 0.364.